The van der Waals surface area contributed by atoms with E-state index in [2.05, 4.69) is 26.0 Å². The summed E-state index contributed by atoms with van der Waals surface area (Å²) >= 11 is 0. The number of phosphoric ester groups is 1. The van der Waals surface area contributed by atoms with E-state index in [1.807, 2.05) is 0 Å². The smallest absolute Gasteiger partial charge is 0.457 e. The van der Waals surface area contributed by atoms with Crippen molar-refractivity contribution in [1.82, 2.24) is 0 Å². The molecule has 0 aliphatic heterocycles. The molecule has 0 heterocycles. The van der Waals surface area contributed by atoms with Gasteiger partial charge in [-0.25, -0.2) is 4.57 Å². The van der Waals surface area contributed by atoms with Crippen molar-refractivity contribution in [2.45, 2.75) is 256 Å². The molecule has 13 heteroatoms. The molecule has 1 rings (SSSR count). The molecule has 6 unspecified atom stereocenters. The Morgan fingerprint density at radius 1 is 0.525 bits per heavy atom. The molecule has 0 aromatic rings. The van der Waals surface area contributed by atoms with Crippen LogP contribution in [-0.4, -0.2) is 98.9 Å². The predicted molar refractivity (Wildman–Crippen MR) is 235 cm³/mol. The van der Waals surface area contributed by atoms with Gasteiger partial charge in [0.1, 0.15) is 42.7 Å². The summed E-state index contributed by atoms with van der Waals surface area (Å²) in [6.07, 6.45) is 28.5. The standard InChI is InChI=1S/C46H89O12P/c1-3-5-7-9-11-13-15-17-19-20-22-24-26-28-30-32-34-36-55-37-39(38-56-59(53,54)58-46-44(51)42(49)41(48)43(50)45(46)52)57-40(47)35-33-31-29-27-25-23-21-18-16-14-12-10-8-6-4-2/h19-20,39,41-46,48-52H,3-18,21-38H2,1-2H3,(H,53,54)/b20-19-. The molecule has 0 aromatic carbocycles. The van der Waals surface area contributed by atoms with E-state index < -0.39 is 63.1 Å². The Bertz CT molecular complexity index is 1030. The highest BCUT2D eigenvalue weighted by molar-refractivity contribution is 7.47. The van der Waals surface area contributed by atoms with Gasteiger partial charge in [0, 0.05) is 13.0 Å². The molecule has 0 aromatic heterocycles. The minimum Gasteiger partial charge on any atom is -0.457 e. The summed E-state index contributed by atoms with van der Waals surface area (Å²) in [7, 11) is -5.01. The molecule has 1 aliphatic rings. The number of ether oxygens (including phenoxy) is 2. The van der Waals surface area contributed by atoms with Gasteiger partial charge >= 0.3 is 13.8 Å². The zero-order chi connectivity index (χ0) is 43.4. The highest BCUT2D eigenvalue weighted by atomic mass is 31.2. The van der Waals surface area contributed by atoms with E-state index in [1.54, 1.807) is 0 Å². The first-order valence-corrected chi connectivity index (χ1v) is 25.5. The Labute approximate surface area is 358 Å². The normalized spacial score (nSPS) is 22.5. The van der Waals surface area contributed by atoms with Crippen LogP contribution in [0.4, 0.5) is 0 Å². The summed E-state index contributed by atoms with van der Waals surface area (Å²) in [5, 5.41) is 50.2. The molecule has 6 atom stereocenters. The number of hydrogen-bond acceptors (Lipinski definition) is 11. The second-order valence-electron chi connectivity index (χ2n) is 17.0. The molecule has 1 saturated carbocycles. The number of unbranched alkanes of at least 4 members (excludes halogenated alkanes) is 27. The summed E-state index contributed by atoms with van der Waals surface area (Å²) in [5.74, 6) is -0.475. The lowest BCUT2D eigenvalue weighted by atomic mass is 9.85. The number of phosphoric acid groups is 1. The van der Waals surface area contributed by atoms with Gasteiger partial charge in [-0.2, -0.15) is 0 Å². The van der Waals surface area contributed by atoms with Crippen LogP contribution in [-0.2, 0) is 27.9 Å². The van der Waals surface area contributed by atoms with Gasteiger partial charge in [0.15, 0.2) is 0 Å². The maximum absolute atomic E-state index is 12.8. The number of hydrogen-bond donors (Lipinski definition) is 6. The maximum atomic E-state index is 12.8. The van der Waals surface area contributed by atoms with Crippen LogP contribution in [0, 0.1) is 0 Å². The van der Waals surface area contributed by atoms with Gasteiger partial charge in [-0.15, -0.1) is 0 Å². The number of carbonyl (C=O) groups is 1. The summed E-state index contributed by atoms with van der Waals surface area (Å²) in [6.45, 7) is 4.27. The Balaban J connectivity index is 2.37. The SMILES string of the molecule is CCCCCCCCC/C=C\CCCCCCCCOCC(COP(=O)(O)OC1C(O)C(O)C(O)C(O)C1O)OC(=O)CCCCCCCCCCCCCCCCC. The third kappa shape index (κ3) is 29.9. The first kappa shape index (κ1) is 56.1. The second-order valence-corrected chi connectivity index (χ2v) is 18.4. The summed E-state index contributed by atoms with van der Waals surface area (Å²) in [6, 6.07) is 0. The Kier molecular flexibility index (Phi) is 35.8. The minimum absolute atomic E-state index is 0.0753. The molecule has 12 nitrogen and oxygen atoms in total. The van der Waals surface area contributed by atoms with Crippen molar-refractivity contribution < 1.29 is 58.3 Å². The van der Waals surface area contributed by atoms with Gasteiger partial charge in [0.2, 0.25) is 0 Å². The highest BCUT2D eigenvalue weighted by Gasteiger charge is 2.51. The van der Waals surface area contributed by atoms with E-state index in [0.29, 0.717) is 13.0 Å². The molecule has 0 amide bonds. The summed E-state index contributed by atoms with van der Waals surface area (Å²) < 4.78 is 34.2. The fourth-order valence-electron chi connectivity index (χ4n) is 7.53. The van der Waals surface area contributed by atoms with E-state index in [-0.39, 0.29) is 13.0 Å². The molecule has 1 aliphatic carbocycles. The van der Waals surface area contributed by atoms with Crippen LogP contribution in [0.25, 0.3) is 0 Å². The number of aliphatic hydroxyl groups is 5. The number of allylic oxidation sites excluding steroid dienone is 2. The summed E-state index contributed by atoms with van der Waals surface area (Å²) in [4.78, 5) is 23.2. The average Bonchev–Trinajstić information content (AvgIpc) is 3.22. The van der Waals surface area contributed by atoms with Gasteiger partial charge in [0.05, 0.1) is 13.2 Å². The number of aliphatic hydroxyl groups excluding tert-OH is 5. The van der Waals surface area contributed by atoms with Crippen LogP contribution in [0.5, 0.6) is 0 Å². The highest BCUT2D eigenvalue weighted by Crippen LogP contribution is 2.47. The van der Waals surface area contributed by atoms with E-state index >= 15 is 0 Å². The largest absolute Gasteiger partial charge is 0.472 e. The van der Waals surface area contributed by atoms with Crippen molar-refractivity contribution >= 4 is 13.8 Å². The Hall–Kier alpha value is -0.920. The monoisotopic (exact) mass is 865 g/mol. The Morgan fingerprint density at radius 2 is 0.898 bits per heavy atom. The zero-order valence-corrected chi connectivity index (χ0v) is 38.2. The lowest BCUT2D eigenvalue weighted by Crippen LogP contribution is -2.64. The Morgan fingerprint density at radius 3 is 1.34 bits per heavy atom. The number of rotatable bonds is 41. The van der Waals surface area contributed by atoms with Gasteiger partial charge in [-0.1, -0.05) is 180 Å². The first-order valence-electron chi connectivity index (χ1n) is 24.0. The first-order chi connectivity index (χ1) is 28.5. The average molecular weight is 865 g/mol. The molecule has 350 valence electrons. The van der Waals surface area contributed by atoms with Crippen molar-refractivity contribution in [2.24, 2.45) is 0 Å². The van der Waals surface area contributed by atoms with E-state index in [0.717, 1.165) is 51.4 Å². The van der Waals surface area contributed by atoms with E-state index in [4.69, 9.17) is 18.5 Å². The van der Waals surface area contributed by atoms with Gasteiger partial charge in [-0.3, -0.25) is 13.8 Å². The van der Waals surface area contributed by atoms with Gasteiger partial charge in [0.25, 0.3) is 0 Å². The lowest BCUT2D eigenvalue weighted by molar-refractivity contribution is -0.220. The minimum atomic E-state index is -5.01. The van der Waals surface area contributed by atoms with Crippen LogP contribution in [0.15, 0.2) is 12.2 Å². The number of esters is 1. The third-order valence-corrected chi connectivity index (χ3v) is 12.4. The molecular weight excluding hydrogens is 775 g/mol. The maximum Gasteiger partial charge on any atom is 0.472 e. The van der Waals surface area contributed by atoms with Crippen LogP contribution in [0.2, 0.25) is 0 Å². The fraction of sp³-hybridized carbons (Fsp3) is 0.935. The molecule has 0 saturated heterocycles. The van der Waals surface area contributed by atoms with Gasteiger partial charge < -0.3 is 39.9 Å². The fourth-order valence-corrected chi connectivity index (χ4v) is 8.50. The molecule has 0 radical (unpaired) electrons. The van der Waals surface area contributed by atoms with Gasteiger partial charge in [-0.05, 0) is 38.5 Å². The van der Waals surface area contributed by atoms with Crippen LogP contribution in [0.3, 0.4) is 0 Å². The van der Waals surface area contributed by atoms with Crippen LogP contribution in [0.1, 0.15) is 213 Å². The van der Waals surface area contributed by atoms with Crippen molar-refractivity contribution in [3.8, 4) is 0 Å². The van der Waals surface area contributed by atoms with Crippen molar-refractivity contribution in [1.29, 1.82) is 0 Å². The van der Waals surface area contributed by atoms with Crippen molar-refractivity contribution in [3.05, 3.63) is 12.2 Å². The third-order valence-electron chi connectivity index (χ3n) is 11.4. The molecule has 59 heavy (non-hydrogen) atoms. The van der Waals surface area contributed by atoms with Crippen molar-refractivity contribution in [2.75, 3.05) is 19.8 Å². The predicted octanol–water partition coefficient (Wildman–Crippen LogP) is 9.92. The zero-order valence-electron chi connectivity index (χ0n) is 37.3. The van der Waals surface area contributed by atoms with E-state index in [9.17, 15) is 39.8 Å². The molecule has 0 bridgehead atoms. The quantitative estimate of drug-likeness (QED) is 0.0148. The molecule has 0 spiro atoms. The lowest BCUT2D eigenvalue weighted by Gasteiger charge is -2.41. The molecular formula is C46H89O12P. The van der Waals surface area contributed by atoms with Crippen LogP contribution >= 0.6 is 7.82 Å². The summed E-state index contributed by atoms with van der Waals surface area (Å²) in [5.41, 5.74) is 0. The van der Waals surface area contributed by atoms with Crippen LogP contribution < -0.4 is 0 Å². The second kappa shape index (κ2) is 37.6. The number of carbonyl (C=O) groups excluding carboxylic acids is 1. The molecule has 1 fully saturated rings. The topological polar surface area (TPSA) is 192 Å². The van der Waals surface area contributed by atoms with Crippen molar-refractivity contribution in [3.63, 3.8) is 0 Å². The molecule has 6 N–H and O–H groups in total. The van der Waals surface area contributed by atoms with E-state index in [1.165, 1.54) is 135 Å².